The zero-order chi connectivity index (χ0) is 19.9. The Kier molecular flexibility index (Phi) is 7.99. The number of amides is 2. The lowest BCUT2D eigenvalue weighted by molar-refractivity contribution is -0.133. The molecule has 0 radical (unpaired) electrons. The maximum atomic E-state index is 12.9. The summed E-state index contributed by atoms with van der Waals surface area (Å²) in [6, 6.07) is 0.0975. The van der Waals surface area contributed by atoms with Gasteiger partial charge in [-0.3, -0.25) is 10.1 Å². The lowest BCUT2D eigenvalue weighted by Crippen LogP contribution is -2.46. The summed E-state index contributed by atoms with van der Waals surface area (Å²) in [6.45, 7) is 4.22. The van der Waals surface area contributed by atoms with Crippen molar-refractivity contribution in [1.82, 2.24) is 9.88 Å². The lowest BCUT2D eigenvalue weighted by atomic mass is 9.86. The minimum Gasteiger partial charge on any atom is -0.481 e. The van der Waals surface area contributed by atoms with Crippen LogP contribution < -0.4 is 5.32 Å². The third-order valence-electron chi connectivity index (χ3n) is 5.25. The van der Waals surface area contributed by atoms with Crippen LogP contribution in [0.5, 0.6) is 0 Å². The van der Waals surface area contributed by atoms with E-state index in [-0.39, 0.29) is 17.8 Å². The Labute approximate surface area is 174 Å². The Morgan fingerprint density at radius 3 is 2.75 bits per heavy atom. The smallest absolute Gasteiger partial charge is 0.323 e. The molecule has 2 amide bonds. The summed E-state index contributed by atoms with van der Waals surface area (Å²) in [7, 11) is 0. The predicted molar refractivity (Wildman–Crippen MR) is 111 cm³/mol. The molecule has 2 aliphatic rings. The third-order valence-corrected chi connectivity index (χ3v) is 7.34. The summed E-state index contributed by atoms with van der Waals surface area (Å²) < 4.78 is 6.55. The van der Waals surface area contributed by atoms with E-state index in [2.05, 4.69) is 17.2 Å². The van der Waals surface area contributed by atoms with Gasteiger partial charge in [0.15, 0.2) is 5.13 Å². The Hall–Kier alpha value is -1.32. The number of thioether (sulfide) groups is 1. The summed E-state index contributed by atoms with van der Waals surface area (Å²) in [4.78, 5) is 29.7. The number of thiazole rings is 1. The van der Waals surface area contributed by atoms with Crippen molar-refractivity contribution in [2.24, 2.45) is 11.8 Å². The molecule has 2 saturated carbocycles. The number of carbonyl (C=O) groups excluding carboxylic acids is 1. The van der Waals surface area contributed by atoms with Gasteiger partial charge in [0.25, 0.3) is 0 Å². The number of carboxylic acids is 1. The second kappa shape index (κ2) is 10.5. The number of nitrogens with zero attached hydrogens (tertiary/aromatic N) is 2. The molecule has 28 heavy (non-hydrogen) atoms. The molecule has 1 aromatic heterocycles. The van der Waals surface area contributed by atoms with Crippen molar-refractivity contribution >= 4 is 40.2 Å². The first-order chi connectivity index (χ1) is 13.5. The number of rotatable bonds is 10. The minimum absolute atomic E-state index is 0.0136. The number of nitrogens with one attached hydrogen (secondary N) is 1. The molecular weight excluding hydrogens is 398 g/mol. The monoisotopic (exact) mass is 427 g/mol. The molecule has 0 aromatic carbocycles. The molecule has 156 valence electrons. The van der Waals surface area contributed by atoms with E-state index in [0.717, 1.165) is 48.3 Å². The summed E-state index contributed by atoms with van der Waals surface area (Å²) >= 11 is 2.52. The molecule has 7 nitrogen and oxygen atoms in total. The third kappa shape index (κ3) is 6.93. The molecular formula is C19H29N3O4S2. The van der Waals surface area contributed by atoms with Gasteiger partial charge in [-0.25, -0.2) is 9.78 Å². The molecule has 3 rings (SSSR count). The molecule has 0 unspecified atom stereocenters. The fourth-order valence-corrected chi connectivity index (χ4v) is 4.96. The van der Waals surface area contributed by atoms with E-state index >= 15 is 0 Å². The number of anilines is 1. The highest BCUT2D eigenvalue weighted by Crippen LogP contribution is 2.31. The van der Waals surface area contributed by atoms with Gasteiger partial charge in [-0.15, -0.1) is 11.8 Å². The maximum absolute atomic E-state index is 12.9. The van der Waals surface area contributed by atoms with Gasteiger partial charge < -0.3 is 14.7 Å². The summed E-state index contributed by atoms with van der Waals surface area (Å²) in [5.41, 5.74) is 0. The average Bonchev–Trinajstić information content (AvgIpc) is 3.39. The SMILES string of the molecule is C[C@H]1CC[C@H](N(CCOCC2CC2)C(=O)Nc2ncc(SCC(=O)O)s2)CC1. The fourth-order valence-electron chi connectivity index (χ4n) is 3.38. The van der Waals surface area contributed by atoms with Crippen LogP contribution >= 0.6 is 23.1 Å². The largest absolute Gasteiger partial charge is 0.481 e. The summed E-state index contributed by atoms with van der Waals surface area (Å²) in [5, 5.41) is 12.2. The highest BCUT2D eigenvalue weighted by molar-refractivity contribution is 8.01. The van der Waals surface area contributed by atoms with Crippen LogP contribution in [0.25, 0.3) is 0 Å². The van der Waals surface area contributed by atoms with E-state index in [1.807, 2.05) is 4.90 Å². The van der Waals surface area contributed by atoms with Crippen LogP contribution in [0.15, 0.2) is 10.4 Å². The minimum atomic E-state index is -0.868. The van der Waals surface area contributed by atoms with E-state index in [1.54, 1.807) is 6.20 Å². The highest BCUT2D eigenvalue weighted by atomic mass is 32.2. The molecule has 0 atom stereocenters. The molecule has 0 saturated heterocycles. The number of ether oxygens (including phenoxy) is 1. The van der Waals surface area contributed by atoms with E-state index in [0.29, 0.717) is 18.3 Å². The number of carbonyl (C=O) groups is 2. The lowest BCUT2D eigenvalue weighted by Gasteiger charge is -2.36. The van der Waals surface area contributed by atoms with Gasteiger partial charge in [0.2, 0.25) is 0 Å². The van der Waals surface area contributed by atoms with Gasteiger partial charge >= 0.3 is 12.0 Å². The van der Waals surface area contributed by atoms with Gasteiger partial charge in [-0.1, -0.05) is 18.3 Å². The maximum Gasteiger partial charge on any atom is 0.323 e. The molecule has 2 N–H and O–H groups in total. The van der Waals surface area contributed by atoms with Crippen LogP contribution in [0.2, 0.25) is 0 Å². The quantitative estimate of drug-likeness (QED) is 0.430. The van der Waals surface area contributed by atoms with Gasteiger partial charge in [0.05, 0.1) is 22.8 Å². The van der Waals surface area contributed by atoms with E-state index < -0.39 is 5.97 Å². The first-order valence-electron chi connectivity index (χ1n) is 9.97. The summed E-state index contributed by atoms with van der Waals surface area (Å²) in [5.74, 6) is 0.558. The number of aromatic nitrogens is 1. The second-order valence-corrected chi connectivity index (χ2v) is 10.0. The Balaban J connectivity index is 1.54. The topological polar surface area (TPSA) is 91.8 Å². The average molecular weight is 428 g/mol. The Morgan fingerprint density at radius 1 is 1.32 bits per heavy atom. The van der Waals surface area contributed by atoms with Crippen molar-refractivity contribution in [2.45, 2.75) is 55.7 Å². The molecule has 2 fully saturated rings. The van der Waals surface area contributed by atoms with E-state index in [1.165, 1.54) is 35.9 Å². The molecule has 1 aromatic rings. The van der Waals surface area contributed by atoms with Crippen LogP contribution in [-0.4, -0.2) is 58.5 Å². The zero-order valence-corrected chi connectivity index (χ0v) is 17.9. The van der Waals surface area contributed by atoms with Crippen LogP contribution in [0.3, 0.4) is 0 Å². The fraction of sp³-hybridized carbons (Fsp3) is 0.737. The number of urea groups is 1. The van der Waals surface area contributed by atoms with Gasteiger partial charge in [0.1, 0.15) is 0 Å². The number of aliphatic carboxylic acids is 1. The Morgan fingerprint density at radius 2 is 2.07 bits per heavy atom. The number of hydrogen-bond acceptors (Lipinski definition) is 6. The van der Waals surface area contributed by atoms with Gasteiger partial charge in [-0.2, -0.15) is 0 Å². The molecule has 0 bridgehead atoms. The van der Waals surface area contributed by atoms with Crippen LogP contribution in [-0.2, 0) is 9.53 Å². The predicted octanol–water partition coefficient (Wildman–Crippen LogP) is 4.16. The second-order valence-electron chi connectivity index (χ2n) is 7.72. The van der Waals surface area contributed by atoms with Crippen LogP contribution in [0.4, 0.5) is 9.93 Å². The van der Waals surface area contributed by atoms with Crippen molar-refractivity contribution in [1.29, 1.82) is 0 Å². The molecule has 9 heteroatoms. The van der Waals surface area contributed by atoms with Crippen molar-refractivity contribution in [3.8, 4) is 0 Å². The molecule has 0 spiro atoms. The normalized spacial score (nSPS) is 22.0. The number of hydrogen-bond donors (Lipinski definition) is 2. The standard InChI is InChI=1S/C19H29N3O4S2/c1-13-2-6-15(7-3-13)22(8-9-26-11-14-4-5-14)19(25)21-18-20-10-17(28-18)27-12-16(23)24/h10,13-15H,2-9,11-12H2,1H3,(H,23,24)(H,20,21,25)/t13-,15-. The zero-order valence-electron chi connectivity index (χ0n) is 16.3. The summed E-state index contributed by atoms with van der Waals surface area (Å²) in [6.07, 6.45) is 8.46. The number of carboxylic acid groups (broad SMARTS) is 1. The van der Waals surface area contributed by atoms with Crippen LogP contribution in [0.1, 0.15) is 45.4 Å². The van der Waals surface area contributed by atoms with Crippen molar-refractivity contribution in [3.63, 3.8) is 0 Å². The van der Waals surface area contributed by atoms with Gasteiger partial charge in [0, 0.05) is 19.2 Å². The molecule has 0 aliphatic heterocycles. The van der Waals surface area contributed by atoms with Crippen molar-refractivity contribution in [2.75, 3.05) is 30.8 Å². The van der Waals surface area contributed by atoms with Crippen molar-refractivity contribution < 1.29 is 19.4 Å². The van der Waals surface area contributed by atoms with Gasteiger partial charge in [-0.05, 0) is 50.4 Å². The molecule has 1 heterocycles. The first-order valence-corrected chi connectivity index (χ1v) is 11.8. The van der Waals surface area contributed by atoms with Crippen LogP contribution in [0, 0.1) is 11.8 Å². The Bertz CT molecular complexity index is 657. The molecule has 2 aliphatic carbocycles. The first kappa shape index (κ1) is 21.4. The van der Waals surface area contributed by atoms with E-state index in [9.17, 15) is 9.59 Å². The van der Waals surface area contributed by atoms with E-state index in [4.69, 9.17) is 9.84 Å². The van der Waals surface area contributed by atoms with Crippen molar-refractivity contribution in [3.05, 3.63) is 6.20 Å². The highest BCUT2D eigenvalue weighted by Gasteiger charge is 2.28.